The first-order valence-electron chi connectivity index (χ1n) is 12.2. The van der Waals surface area contributed by atoms with Gasteiger partial charge < -0.3 is 10.2 Å². The zero-order valence-corrected chi connectivity index (χ0v) is 25.1. The SMILES string of the molecule is Cc1ccc(S(=O)(=O)N(CC(=O)N(Cc2ccccc2Cl)C(C)C(=O)NC(C)C)c2ccc(Cl)c(Cl)c2)cc1. The van der Waals surface area contributed by atoms with Crippen LogP contribution in [0.3, 0.4) is 0 Å². The second-order valence-corrected chi connectivity index (χ2v) is 12.5. The summed E-state index contributed by atoms with van der Waals surface area (Å²) < 4.78 is 28.6. The maximum absolute atomic E-state index is 13.9. The second-order valence-electron chi connectivity index (χ2n) is 9.38. The summed E-state index contributed by atoms with van der Waals surface area (Å²) in [4.78, 5) is 28.2. The quantitative estimate of drug-likeness (QED) is 0.301. The van der Waals surface area contributed by atoms with E-state index >= 15 is 0 Å². The van der Waals surface area contributed by atoms with Crippen LogP contribution in [0.4, 0.5) is 5.69 Å². The summed E-state index contributed by atoms with van der Waals surface area (Å²) in [6.45, 7) is 6.44. The number of nitrogens with one attached hydrogen (secondary N) is 1. The van der Waals surface area contributed by atoms with Crippen LogP contribution in [0.2, 0.25) is 15.1 Å². The Kier molecular flexibility index (Phi) is 10.3. The van der Waals surface area contributed by atoms with Crippen molar-refractivity contribution in [2.75, 3.05) is 10.8 Å². The second kappa shape index (κ2) is 13.0. The van der Waals surface area contributed by atoms with Gasteiger partial charge in [-0.15, -0.1) is 0 Å². The van der Waals surface area contributed by atoms with Crippen LogP contribution in [-0.4, -0.2) is 43.8 Å². The minimum absolute atomic E-state index is 0.00442. The number of benzene rings is 3. The van der Waals surface area contributed by atoms with Gasteiger partial charge in [0.25, 0.3) is 10.0 Å². The van der Waals surface area contributed by atoms with Gasteiger partial charge >= 0.3 is 0 Å². The molecule has 11 heteroatoms. The summed E-state index contributed by atoms with van der Waals surface area (Å²) in [6, 6.07) is 16.5. The van der Waals surface area contributed by atoms with Crippen molar-refractivity contribution in [3.63, 3.8) is 0 Å². The highest BCUT2D eigenvalue weighted by atomic mass is 35.5. The molecule has 39 heavy (non-hydrogen) atoms. The monoisotopic (exact) mass is 609 g/mol. The number of carbonyl (C=O) groups excluding carboxylic acids is 2. The Morgan fingerprint density at radius 2 is 1.51 bits per heavy atom. The minimum atomic E-state index is -4.22. The summed E-state index contributed by atoms with van der Waals surface area (Å²) in [5, 5.41) is 3.59. The third kappa shape index (κ3) is 7.66. The van der Waals surface area contributed by atoms with Crippen molar-refractivity contribution in [1.82, 2.24) is 10.2 Å². The number of sulfonamides is 1. The number of anilines is 1. The predicted molar refractivity (Wildman–Crippen MR) is 157 cm³/mol. The van der Waals surface area contributed by atoms with Crippen LogP contribution >= 0.6 is 34.8 Å². The third-order valence-electron chi connectivity index (χ3n) is 5.98. The minimum Gasteiger partial charge on any atom is -0.352 e. The lowest BCUT2D eigenvalue weighted by Gasteiger charge is -2.32. The van der Waals surface area contributed by atoms with Gasteiger partial charge in [0.15, 0.2) is 0 Å². The molecule has 0 saturated heterocycles. The Hall–Kier alpha value is -2.78. The van der Waals surface area contributed by atoms with Gasteiger partial charge in [-0.1, -0.05) is 70.7 Å². The van der Waals surface area contributed by atoms with Gasteiger partial charge in [0.2, 0.25) is 11.8 Å². The molecule has 3 aromatic carbocycles. The topological polar surface area (TPSA) is 86.8 Å². The smallest absolute Gasteiger partial charge is 0.264 e. The highest BCUT2D eigenvalue weighted by Crippen LogP contribution is 2.31. The number of hydrogen-bond donors (Lipinski definition) is 1. The van der Waals surface area contributed by atoms with Crippen LogP contribution in [0.15, 0.2) is 71.6 Å². The Labute approximate surface area is 244 Å². The first-order chi connectivity index (χ1) is 18.3. The molecule has 3 aromatic rings. The van der Waals surface area contributed by atoms with Crippen LogP contribution in [0.25, 0.3) is 0 Å². The Bertz CT molecular complexity index is 1450. The molecule has 1 unspecified atom stereocenters. The molecule has 3 rings (SSSR count). The number of carbonyl (C=O) groups is 2. The number of amides is 2. The molecule has 208 valence electrons. The fourth-order valence-electron chi connectivity index (χ4n) is 3.80. The lowest BCUT2D eigenvalue weighted by atomic mass is 10.1. The molecule has 0 fully saturated rings. The lowest BCUT2D eigenvalue weighted by Crippen LogP contribution is -2.52. The molecular weight excluding hydrogens is 581 g/mol. The molecule has 2 amide bonds. The van der Waals surface area contributed by atoms with Crippen molar-refractivity contribution in [1.29, 1.82) is 0 Å². The van der Waals surface area contributed by atoms with E-state index in [-0.39, 0.29) is 39.1 Å². The summed E-state index contributed by atoms with van der Waals surface area (Å²) in [6.07, 6.45) is 0. The summed E-state index contributed by atoms with van der Waals surface area (Å²) >= 11 is 18.7. The normalized spacial score (nSPS) is 12.2. The Balaban J connectivity index is 2.07. The molecule has 0 aromatic heterocycles. The van der Waals surface area contributed by atoms with Gasteiger partial charge in [-0.25, -0.2) is 8.42 Å². The number of halogens is 3. The summed E-state index contributed by atoms with van der Waals surface area (Å²) in [5.74, 6) is -0.990. The van der Waals surface area contributed by atoms with E-state index in [1.807, 2.05) is 20.8 Å². The highest BCUT2D eigenvalue weighted by Gasteiger charge is 2.33. The maximum atomic E-state index is 13.9. The molecule has 0 radical (unpaired) electrons. The average Bonchev–Trinajstić information content (AvgIpc) is 2.87. The van der Waals surface area contributed by atoms with Crippen LogP contribution < -0.4 is 9.62 Å². The van der Waals surface area contributed by atoms with E-state index in [9.17, 15) is 18.0 Å². The first-order valence-corrected chi connectivity index (χ1v) is 14.8. The van der Waals surface area contributed by atoms with E-state index in [0.717, 1.165) is 9.87 Å². The first kappa shape index (κ1) is 30.8. The van der Waals surface area contributed by atoms with Crippen LogP contribution in [0, 0.1) is 6.92 Å². The Morgan fingerprint density at radius 3 is 2.10 bits per heavy atom. The van der Waals surface area contributed by atoms with E-state index in [1.165, 1.54) is 35.2 Å². The van der Waals surface area contributed by atoms with Crippen molar-refractivity contribution < 1.29 is 18.0 Å². The van der Waals surface area contributed by atoms with Gasteiger partial charge in [0.1, 0.15) is 12.6 Å². The van der Waals surface area contributed by atoms with Gasteiger partial charge in [-0.3, -0.25) is 13.9 Å². The van der Waals surface area contributed by atoms with Crippen LogP contribution in [0.1, 0.15) is 31.9 Å². The van der Waals surface area contributed by atoms with Crippen LogP contribution in [0.5, 0.6) is 0 Å². The molecule has 0 aliphatic carbocycles. The molecule has 0 bridgehead atoms. The van der Waals surface area contributed by atoms with Crippen molar-refractivity contribution in [3.8, 4) is 0 Å². The van der Waals surface area contributed by atoms with Crippen molar-refractivity contribution in [2.24, 2.45) is 0 Å². The molecule has 7 nitrogen and oxygen atoms in total. The van der Waals surface area contributed by atoms with Gasteiger partial charge in [0.05, 0.1) is 20.6 Å². The molecule has 1 atom stereocenters. The summed E-state index contributed by atoms with van der Waals surface area (Å²) in [5.41, 5.74) is 1.64. The standard InChI is InChI=1S/C28H30Cl3N3O4S/c1-18(2)32-28(36)20(4)33(16-21-7-5-6-8-24(21)29)27(35)17-34(22-11-14-25(30)26(31)15-22)39(37,38)23-12-9-19(3)10-13-23/h5-15,18,20H,16-17H2,1-4H3,(H,32,36). The molecular formula is C28H30Cl3N3O4S. The number of nitrogens with zero attached hydrogens (tertiary/aromatic N) is 2. The molecule has 0 heterocycles. The Morgan fingerprint density at radius 1 is 0.872 bits per heavy atom. The van der Waals surface area contributed by atoms with E-state index in [0.29, 0.717) is 10.6 Å². The van der Waals surface area contributed by atoms with Crippen molar-refractivity contribution in [2.45, 2.75) is 51.2 Å². The fourth-order valence-corrected chi connectivity index (χ4v) is 5.70. The van der Waals surface area contributed by atoms with Crippen LogP contribution in [-0.2, 0) is 26.2 Å². The van der Waals surface area contributed by atoms with Gasteiger partial charge in [-0.05, 0) is 69.7 Å². The summed E-state index contributed by atoms with van der Waals surface area (Å²) in [7, 11) is -4.22. The zero-order valence-electron chi connectivity index (χ0n) is 22.0. The molecule has 1 N–H and O–H groups in total. The molecule has 0 aliphatic heterocycles. The third-order valence-corrected chi connectivity index (χ3v) is 8.87. The molecule has 0 spiro atoms. The van der Waals surface area contributed by atoms with E-state index in [4.69, 9.17) is 34.8 Å². The predicted octanol–water partition coefficient (Wildman–Crippen LogP) is 6.09. The van der Waals surface area contributed by atoms with Crippen molar-refractivity contribution in [3.05, 3.63) is 92.9 Å². The van der Waals surface area contributed by atoms with Crippen molar-refractivity contribution >= 4 is 62.3 Å². The highest BCUT2D eigenvalue weighted by molar-refractivity contribution is 7.92. The van der Waals surface area contributed by atoms with E-state index in [2.05, 4.69) is 5.32 Å². The van der Waals surface area contributed by atoms with E-state index in [1.54, 1.807) is 43.3 Å². The largest absolute Gasteiger partial charge is 0.352 e. The number of aryl methyl sites for hydroxylation is 1. The van der Waals surface area contributed by atoms with Gasteiger partial charge in [-0.2, -0.15) is 0 Å². The van der Waals surface area contributed by atoms with E-state index < -0.39 is 28.5 Å². The molecule has 0 aliphatic rings. The van der Waals surface area contributed by atoms with Gasteiger partial charge in [0, 0.05) is 17.6 Å². The zero-order chi connectivity index (χ0) is 28.9. The number of hydrogen-bond acceptors (Lipinski definition) is 4. The average molecular weight is 611 g/mol. The molecule has 0 saturated carbocycles. The maximum Gasteiger partial charge on any atom is 0.264 e. The number of rotatable bonds is 10. The fraction of sp³-hybridized carbons (Fsp3) is 0.286. The lowest BCUT2D eigenvalue weighted by molar-refractivity contribution is -0.139.